The fourth-order valence-electron chi connectivity index (χ4n) is 2.24. The molecule has 2 rings (SSSR count). The monoisotopic (exact) mass is 284 g/mol. The standard InChI is InChI=1S/C13H17ClN2O3/c1-7(8-2-3-19-6-8)16-12-10(13(17)18)4-9(15)5-11(12)14/h4-5,7-8,16H,2-3,6,15H2,1H3,(H,17,18). The summed E-state index contributed by atoms with van der Waals surface area (Å²) in [5.41, 5.74) is 6.47. The first-order chi connectivity index (χ1) is 8.99. The molecule has 1 aliphatic rings. The summed E-state index contributed by atoms with van der Waals surface area (Å²) >= 11 is 6.09. The van der Waals surface area contributed by atoms with Gasteiger partial charge in [0.1, 0.15) is 0 Å². The van der Waals surface area contributed by atoms with E-state index in [2.05, 4.69) is 5.32 Å². The number of anilines is 2. The number of hydrogen-bond acceptors (Lipinski definition) is 4. The summed E-state index contributed by atoms with van der Waals surface area (Å²) in [5.74, 6) is -0.693. The van der Waals surface area contributed by atoms with E-state index in [1.54, 1.807) is 6.07 Å². The molecule has 1 fully saturated rings. The number of nitrogens with two attached hydrogens (primary N) is 1. The SMILES string of the molecule is CC(Nc1c(Cl)cc(N)cc1C(=O)O)C1CCOC1. The zero-order valence-corrected chi connectivity index (χ0v) is 11.4. The van der Waals surface area contributed by atoms with Crippen molar-refractivity contribution in [3.8, 4) is 0 Å². The molecular weight excluding hydrogens is 268 g/mol. The molecule has 2 unspecified atom stereocenters. The van der Waals surface area contributed by atoms with Gasteiger partial charge in [-0.3, -0.25) is 0 Å². The second kappa shape index (κ2) is 5.67. The zero-order valence-electron chi connectivity index (χ0n) is 10.6. The van der Waals surface area contributed by atoms with Crippen LogP contribution in [0.2, 0.25) is 5.02 Å². The molecule has 0 amide bonds. The lowest BCUT2D eigenvalue weighted by molar-refractivity contribution is 0.0698. The predicted octanol–water partition coefficient (Wildman–Crippen LogP) is 2.46. The Bertz CT molecular complexity index is 487. The Labute approximate surface area is 116 Å². The van der Waals surface area contributed by atoms with E-state index in [0.717, 1.165) is 13.0 Å². The number of ether oxygens (including phenoxy) is 1. The van der Waals surface area contributed by atoms with E-state index >= 15 is 0 Å². The Morgan fingerprint density at radius 1 is 1.63 bits per heavy atom. The van der Waals surface area contributed by atoms with Crippen LogP contribution in [0.4, 0.5) is 11.4 Å². The number of hydrogen-bond donors (Lipinski definition) is 3. The van der Waals surface area contributed by atoms with Gasteiger partial charge in [0.25, 0.3) is 0 Å². The number of halogens is 1. The van der Waals surface area contributed by atoms with E-state index in [-0.39, 0.29) is 11.6 Å². The topological polar surface area (TPSA) is 84.6 Å². The van der Waals surface area contributed by atoms with Crippen molar-refractivity contribution in [1.82, 2.24) is 0 Å². The van der Waals surface area contributed by atoms with Crippen LogP contribution in [-0.2, 0) is 4.74 Å². The number of carboxylic acid groups (broad SMARTS) is 1. The van der Waals surface area contributed by atoms with Gasteiger partial charge >= 0.3 is 5.97 Å². The number of rotatable bonds is 4. The molecule has 0 bridgehead atoms. The van der Waals surface area contributed by atoms with Crippen molar-refractivity contribution in [2.75, 3.05) is 24.3 Å². The summed E-state index contributed by atoms with van der Waals surface area (Å²) in [4.78, 5) is 11.3. The lowest BCUT2D eigenvalue weighted by Gasteiger charge is -2.22. The van der Waals surface area contributed by atoms with Crippen LogP contribution in [0, 0.1) is 5.92 Å². The normalized spacial score (nSPS) is 20.2. The Morgan fingerprint density at radius 3 is 2.95 bits per heavy atom. The minimum absolute atomic E-state index is 0.0849. The van der Waals surface area contributed by atoms with Gasteiger partial charge < -0.3 is 20.9 Å². The number of carboxylic acids is 1. The maximum absolute atomic E-state index is 11.3. The predicted molar refractivity (Wildman–Crippen MR) is 74.8 cm³/mol. The largest absolute Gasteiger partial charge is 0.478 e. The first kappa shape index (κ1) is 14.0. The first-order valence-electron chi connectivity index (χ1n) is 6.15. The second-order valence-corrected chi connectivity index (χ2v) is 5.19. The van der Waals surface area contributed by atoms with Crippen LogP contribution < -0.4 is 11.1 Å². The molecule has 19 heavy (non-hydrogen) atoms. The molecule has 0 saturated carbocycles. The van der Waals surface area contributed by atoms with Gasteiger partial charge in [0.2, 0.25) is 0 Å². The molecule has 104 valence electrons. The van der Waals surface area contributed by atoms with Crippen LogP contribution in [0.25, 0.3) is 0 Å². The van der Waals surface area contributed by atoms with Gasteiger partial charge in [-0.15, -0.1) is 0 Å². The van der Waals surface area contributed by atoms with Crippen LogP contribution in [0.5, 0.6) is 0 Å². The maximum Gasteiger partial charge on any atom is 0.337 e. The second-order valence-electron chi connectivity index (χ2n) is 4.79. The van der Waals surface area contributed by atoms with Crippen molar-refractivity contribution in [2.45, 2.75) is 19.4 Å². The van der Waals surface area contributed by atoms with Crippen LogP contribution in [0.15, 0.2) is 12.1 Å². The third-order valence-corrected chi connectivity index (χ3v) is 3.69. The molecule has 2 atom stereocenters. The highest BCUT2D eigenvalue weighted by molar-refractivity contribution is 6.34. The van der Waals surface area contributed by atoms with Gasteiger partial charge in [-0.1, -0.05) is 11.6 Å². The van der Waals surface area contributed by atoms with Crippen molar-refractivity contribution in [2.24, 2.45) is 5.92 Å². The molecule has 1 heterocycles. The highest BCUT2D eigenvalue weighted by Gasteiger charge is 2.24. The molecule has 4 N–H and O–H groups in total. The van der Waals surface area contributed by atoms with Crippen LogP contribution in [0.3, 0.4) is 0 Å². The summed E-state index contributed by atoms with van der Waals surface area (Å²) in [7, 11) is 0. The van der Waals surface area contributed by atoms with E-state index in [4.69, 9.17) is 22.1 Å². The van der Waals surface area contributed by atoms with Crippen LogP contribution in [-0.4, -0.2) is 30.3 Å². The number of aromatic carboxylic acids is 1. The Kier molecular flexibility index (Phi) is 4.17. The minimum atomic E-state index is -1.05. The summed E-state index contributed by atoms with van der Waals surface area (Å²) in [5, 5.41) is 12.7. The third kappa shape index (κ3) is 3.11. The van der Waals surface area contributed by atoms with Gasteiger partial charge in [-0.05, 0) is 25.5 Å². The lowest BCUT2D eigenvalue weighted by atomic mass is 10.00. The van der Waals surface area contributed by atoms with Gasteiger partial charge in [-0.25, -0.2) is 4.79 Å². The zero-order chi connectivity index (χ0) is 14.0. The summed E-state index contributed by atoms with van der Waals surface area (Å²) < 4.78 is 5.33. The third-order valence-electron chi connectivity index (χ3n) is 3.39. The van der Waals surface area contributed by atoms with Gasteiger partial charge in [-0.2, -0.15) is 0 Å². The van der Waals surface area contributed by atoms with Gasteiger partial charge in [0.15, 0.2) is 0 Å². The Balaban J connectivity index is 2.25. The van der Waals surface area contributed by atoms with E-state index in [1.165, 1.54) is 6.07 Å². The molecule has 1 saturated heterocycles. The molecule has 1 aromatic rings. The van der Waals surface area contributed by atoms with Crippen molar-refractivity contribution in [1.29, 1.82) is 0 Å². The fraction of sp³-hybridized carbons (Fsp3) is 0.462. The van der Waals surface area contributed by atoms with Gasteiger partial charge in [0.05, 0.1) is 22.9 Å². The van der Waals surface area contributed by atoms with Crippen LogP contribution in [0.1, 0.15) is 23.7 Å². The van der Waals surface area contributed by atoms with E-state index in [0.29, 0.717) is 28.9 Å². The molecule has 0 aliphatic carbocycles. The Morgan fingerprint density at radius 2 is 2.37 bits per heavy atom. The number of carbonyl (C=O) groups is 1. The van der Waals surface area contributed by atoms with E-state index in [1.807, 2.05) is 6.92 Å². The smallest absolute Gasteiger partial charge is 0.337 e. The molecule has 0 aromatic heterocycles. The quantitative estimate of drug-likeness (QED) is 0.740. The molecule has 0 radical (unpaired) electrons. The fourth-order valence-corrected chi connectivity index (χ4v) is 2.52. The molecule has 1 aromatic carbocycles. The maximum atomic E-state index is 11.3. The molecule has 5 nitrogen and oxygen atoms in total. The van der Waals surface area contributed by atoms with Crippen molar-refractivity contribution < 1.29 is 14.6 Å². The lowest BCUT2D eigenvalue weighted by Crippen LogP contribution is -2.27. The molecule has 0 spiro atoms. The van der Waals surface area contributed by atoms with Gasteiger partial charge in [0, 0.05) is 24.3 Å². The average molecular weight is 285 g/mol. The van der Waals surface area contributed by atoms with Crippen LogP contribution >= 0.6 is 11.6 Å². The van der Waals surface area contributed by atoms with E-state index < -0.39 is 5.97 Å². The molecular formula is C13H17ClN2O3. The summed E-state index contributed by atoms with van der Waals surface area (Å²) in [6.45, 7) is 3.43. The first-order valence-corrected chi connectivity index (χ1v) is 6.53. The number of benzene rings is 1. The highest BCUT2D eigenvalue weighted by atomic mass is 35.5. The Hall–Kier alpha value is -1.46. The van der Waals surface area contributed by atoms with Crippen molar-refractivity contribution >= 4 is 28.9 Å². The van der Waals surface area contributed by atoms with Crippen molar-refractivity contribution in [3.05, 3.63) is 22.7 Å². The average Bonchev–Trinajstić information content (AvgIpc) is 2.85. The molecule has 6 heteroatoms. The number of nitrogen functional groups attached to an aromatic ring is 1. The van der Waals surface area contributed by atoms with E-state index in [9.17, 15) is 9.90 Å². The highest BCUT2D eigenvalue weighted by Crippen LogP contribution is 2.31. The minimum Gasteiger partial charge on any atom is -0.478 e. The van der Waals surface area contributed by atoms with Crippen molar-refractivity contribution in [3.63, 3.8) is 0 Å². The number of nitrogens with one attached hydrogen (secondary N) is 1. The molecule has 1 aliphatic heterocycles. The summed E-state index contributed by atoms with van der Waals surface area (Å²) in [6, 6.07) is 3.05. The summed E-state index contributed by atoms with van der Waals surface area (Å²) in [6.07, 6.45) is 0.961.